The number of nitrogens with two attached hydrogens (primary N) is 1. The molecule has 0 saturated carbocycles. The van der Waals surface area contributed by atoms with Gasteiger partial charge in [-0.15, -0.1) is 0 Å². The lowest BCUT2D eigenvalue weighted by atomic mass is 10.2. The van der Waals surface area contributed by atoms with Crippen LogP contribution in [0.3, 0.4) is 0 Å². The number of nitrogens with one attached hydrogen (secondary N) is 1. The van der Waals surface area contributed by atoms with Gasteiger partial charge in [-0.3, -0.25) is 9.69 Å². The predicted octanol–water partition coefficient (Wildman–Crippen LogP) is -0.312. The van der Waals surface area contributed by atoms with Gasteiger partial charge in [-0.2, -0.15) is 0 Å². The van der Waals surface area contributed by atoms with Crippen molar-refractivity contribution in [3.63, 3.8) is 0 Å². The van der Waals surface area contributed by atoms with E-state index in [4.69, 9.17) is 5.73 Å². The molecular weight excluding hydrogens is 218 g/mol. The maximum Gasteiger partial charge on any atom is 0.237 e. The Morgan fingerprint density at radius 3 is 3.06 bits per heavy atom. The Balaban J connectivity index is 2.11. The zero-order valence-corrected chi connectivity index (χ0v) is 10.1. The minimum absolute atomic E-state index is 0.0527. The summed E-state index contributed by atoms with van der Waals surface area (Å²) in [5.41, 5.74) is 6.53. The molecule has 0 spiro atoms. The normalized spacial score (nSPS) is 21.3. The van der Waals surface area contributed by atoms with E-state index < -0.39 is 0 Å². The lowest BCUT2D eigenvalue weighted by molar-refractivity contribution is -0.128. The second kappa shape index (κ2) is 4.67. The molecule has 17 heavy (non-hydrogen) atoms. The minimum atomic E-state index is -0.144. The molecule has 3 N–H and O–H groups in total. The Labute approximate surface area is 100 Å². The van der Waals surface area contributed by atoms with Crippen molar-refractivity contribution in [3.8, 4) is 0 Å². The average Bonchev–Trinajstić information content (AvgIpc) is 2.23. The summed E-state index contributed by atoms with van der Waals surface area (Å²) in [5, 5.41) is 2.82. The van der Waals surface area contributed by atoms with Crippen molar-refractivity contribution in [1.82, 2.24) is 20.2 Å². The predicted molar refractivity (Wildman–Crippen MR) is 64.1 cm³/mol. The fourth-order valence-electron chi connectivity index (χ4n) is 1.95. The molecule has 1 unspecified atom stereocenters. The summed E-state index contributed by atoms with van der Waals surface area (Å²) in [7, 11) is 0. The molecule has 2 rings (SSSR count). The number of hydrogen-bond donors (Lipinski definition) is 2. The van der Waals surface area contributed by atoms with Crippen LogP contribution in [0.4, 0.5) is 5.82 Å². The van der Waals surface area contributed by atoms with Gasteiger partial charge in [0.15, 0.2) is 0 Å². The lowest BCUT2D eigenvalue weighted by Gasteiger charge is -2.32. The molecular formula is C11H17N5O. The number of aryl methyl sites for hydroxylation is 1. The molecule has 1 fully saturated rings. The number of hydrogen-bond acceptors (Lipinski definition) is 5. The number of carbonyl (C=O) groups excluding carboxylic acids is 1. The van der Waals surface area contributed by atoms with E-state index in [2.05, 4.69) is 15.3 Å². The van der Waals surface area contributed by atoms with Gasteiger partial charge in [-0.1, -0.05) is 0 Å². The average molecular weight is 235 g/mol. The van der Waals surface area contributed by atoms with E-state index in [1.54, 1.807) is 6.07 Å². The van der Waals surface area contributed by atoms with E-state index in [-0.39, 0.29) is 11.9 Å². The molecule has 0 bridgehead atoms. The molecule has 1 aliphatic rings. The van der Waals surface area contributed by atoms with Gasteiger partial charge in [0.25, 0.3) is 0 Å². The SMILES string of the molecule is Cc1cc(N)nc(CN2CCNC(=O)C2C)n1. The Morgan fingerprint density at radius 1 is 1.59 bits per heavy atom. The molecule has 1 atom stereocenters. The number of aromatic nitrogens is 2. The summed E-state index contributed by atoms with van der Waals surface area (Å²) in [6.45, 7) is 5.80. The number of rotatable bonds is 2. The molecule has 6 heteroatoms. The summed E-state index contributed by atoms with van der Waals surface area (Å²) < 4.78 is 0. The zero-order valence-electron chi connectivity index (χ0n) is 10.1. The first-order valence-corrected chi connectivity index (χ1v) is 5.68. The number of nitrogen functional groups attached to an aromatic ring is 1. The first kappa shape index (κ1) is 11.8. The summed E-state index contributed by atoms with van der Waals surface area (Å²) >= 11 is 0. The molecule has 1 aliphatic heterocycles. The van der Waals surface area contributed by atoms with Crippen LogP contribution in [0.2, 0.25) is 0 Å². The second-order valence-corrected chi connectivity index (χ2v) is 4.29. The van der Waals surface area contributed by atoms with Gasteiger partial charge in [0.1, 0.15) is 11.6 Å². The smallest absolute Gasteiger partial charge is 0.237 e. The number of anilines is 1. The third-order valence-corrected chi connectivity index (χ3v) is 2.89. The fourth-order valence-corrected chi connectivity index (χ4v) is 1.95. The molecule has 6 nitrogen and oxygen atoms in total. The molecule has 1 aromatic rings. The second-order valence-electron chi connectivity index (χ2n) is 4.29. The quantitative estimate of drug-likeness (QED) is 0.734. The highest BCUT2D eigenvalue weighted by Gasteiger charge is 2.25. The molecule has 92 valence electrons. The third-order valence-electron chi connectivity index (χ3n) is 2.89. The molecule has 0 radical (unpaired) electrons. The minimum Gasteiger partial charge on any atom is -0.384 e. The van der Waals surface area contributed by atoms with Gasteiger partial charge in [0.2, 0.25) is 5.91 Å². The molecule has 1 saturated heterocycles. The van der Waals surface area contributed by atoms with Crippen LogP contribution in [0, 0.1) is 6.92 Å². The van der Waals surface area contributed by atoms with Crippen LogP contribution in [0.25, 0.3) is 0 Å². The van der Waals surface area contributed by atoms with E-state index in [1.165, 1.54) is 0 Å². The zero-order chi connectivity index (χ0) is 12.4. The highest BCUT2D eigenvalue weighted by atomic mass is 16.2. The largest absolute Gasteiger partial charge is 0.384 e. The van der Waals surface area contributed by atoms with E-state index >= 15 is 0 Å². The Morgan fingerprint density at radius 2 is 2.35 bits per heavy atom. The number of nitrogens with zero attached hydrogens (tertiary/aromatic N) is 3. The maximum atomic E-state index is 11.5. The van der Waals surface area contributed by atoms with Crippen molar-refractivity contribution >= 4 is 11.7 Å². The monoisotopic (exact) mass is 235 g/mol. The maximum absolute atomic E-state index is 11.5. The van der Waals surface area contributed by atoms with Crippen molar-refractivity contribution in [3.05, 3.63) is 17.6 Å². The first-order chi connectivity index (χ1) is 8.06. The van der Waals surface area contributed by atoms with Crippen molar-refractivity contribution in [1.29, 1.82) is 0 Å². The topological polar surface area (TPSA) is 84.1 Å². The Hall–Kier alpha value is -1.69. The lowest BCUT2D eigenvalue weighted by Crippen LogP contribution is -2.53. The summed E-state index contributed by atoms with van der Waals surface area (Å²) in [6, 6.07) is 1.59. The molecule has 1 amide bonds. The van der Waals surface area contributed by atoms with Gasteiger partial charge in [0, 0.05) is 24.8 Å². The fraction of sp³-hybridized carbons (Fsp3) is 0.545. The van der Waals surface area contributed by atoms with Crippen molar-refractivity contribution in [2.75, 3.05) is 18.8 Å². The van der Waals surface area contributed by atoms with Gasteiger partial charge in [0.05, 0.1) is 12.6 Å². The van der Waals surface area contributed by atoms with Crippen molar-refractivity contribution in [2.45, 2.75) is 26.4 Å². The Kier molecular flexibility index (Phi) is 3.23. The molecule has 1 aromatic heterocycles. The number of amides is 1. The number of carbonyl (C=O) groups is 1. The Bertz CT molecular complexity index is 414. The standard InChI is InChI=1S/C11H17N5O/c1-7-5-9(12)15-10(14-7)6-16-4-3-13-11(17)8(16)2/h5,8H,3-4,6H2,1-2H3,(H,13,17)(H2,12,14,15). The highest BCUT2D eigenvalue weighted by Crippen LogP contribution is 2.09. The molecule has 0 aliphatic carbocycles. The van der Waals surface area contributed by atoms with Crippen LogP contribution in [-0.4, -0.2) is 39.9 Å². The van der Waals surface area contributed by atoms with Gasteiger partial charge < -0.3 is 11.1 Å². The van der Waals surface area contributed by atoms with Gasteiger partial charge in [-0.25, -0.2) is 9.97 Å². The van der Waals surface area contributed by atoms with E-state index in [9.17, 15) is 4.79 Å². The van der Waals surface area contributed by atoms with E-state index in [0.29, 0.717) is 24.7 Å². The highest BCUT2D eigenvalue weighted by molar-refractivity contribution is 5.81. The molecule has 2 heterocycles. The van der Waals surface area contributed by atoms with E-state index in [0.717, 1.165) is 12.2 Å². The van der Waals surface area contributed by atoms with Crippen LogP contribution in [-0.2, 0) is 11.3 Å². The summed E-state index contributed by atoms with van der Waals surface area (Å²) in [5.74, 6) is 1.20. The van der Waals surface area contributed by atoms with Crippen LogP contribution in [0.1, 0.15) is 18.4 Å². The number of piperazine rings is 1. The van der Waals surface area contributed by atoms with Crippen LogP contribution in [0.15, 0.2) is 6.07 Å². The first-order valence-electron chi connectivity index (χ1n) is 5.68. The van der Waals surface area contributed by atoms with Crippen molar-refractivity contribution in [2.24, 2.45) is 0 Å². The van der Waals surface area contributed by atoms with Crippen molar-refractivity contribution < 1.29 is 4.79 Å². The summed E-state index contributed by atoms with van der Waals surface area (Å²) in [6.07, 6.45) is 0. The van der Waals surface area contributed by atoms with Crippen LogP contribution >= 0.6 is 0 Å². The third kappa shape index (κ3) is 2.71. The van der Waals surface area contributed by atoms with Gasteiger partial charge >= 0.3 is 0 Å². The molecule has 0 aromatic carbocycles. The van der Waals surface area contributed by atoms with Crippen LogP contribution in [0.5, 0.6) is 0 Å². The van der Waals surface area contributed by atoms with Gasteiger partial charge in [-0.05, 0) is 13.8 Å². The van der Waals surface area contributed by atoms with Crippen LogP contribution < -0.4 is 11.1 Å². The van der Waals surface area contributed by atoms with E-state index in [1.807, 2.05) is 18.7 Å². The summed E-state index contributed by atoms with van der Waals surface area (Å²) in [4.78, 5) is 22.1.